The molecule has 1 amide bonds. The first-order chi connectivity index (χ1) is 15.0. The molecule has 0 bridgehead atoms. The van der Waals surface area contributed by atoms with Gasteiger partial charge in [0, 0.05) is 11.3 Å². The Kier molecular flexibility index (Phi) is 6.26. The number of carbonyl (C=O) groups is 1. The number of ether oxygens (including phenoxy) is 2. The molecule has 0 saturated heterocycles. The average molecular weight is 421 g/mol. The molecule has 1 N–H and O–H groups in total. The van der Waals surface area contributed by atoms with Crippen LogP contribution in [0.15, 0.2) is 45.6 Å². The Labute approximate surface area is 181 Å². The molecule has 1 aliphatic carbocycles. The predicted octanol–water partition coefficient (Wildman–Crippen LogP) is 4.79. The quantitative estimate of drug-likeness (QED) is 0.418. The molecule has 6 nitrogen and oxygen atoms in total. The van der Waals surface area contributed by atoms with E-state index in [2.05, 4.69) is 12.2 Å². The number of rotatable bonds is 8. The highest BCUT2D eigenvalue weighted by Gasteiger charge is 2.22. The monoisotopic (exact) mass is 421 g/mol. The van der Waals surface area contributed by atoms with Gasteiger partial charge in [-0.05, 0) is 80.1 Å². The topological polar surface area (TPSA) is 77.8 Å². The van der Waals surface area contributed by atoms with Gasteiger partial charge in [-0.1, -0.05) is 13.3 Å². The van der Waals surface area contributed by atoms with Crippen molar-refractivity contribution >= 4 is 22.6 Å². The summed E-state index contributed by atoms with van der Waals surface area (Å²) in [6, 6.07) is 11.0. The minimum atomic E-state index is -0.267. The average Bonchev–Trinajstić information content (AvgIpc) is 3.24. The van der Waals surface area contributed by atoms with Crippen LogP contribution in [-0.4, -0.2) is 19.1 Å². The lowest BCUT2D eigenvalue weighted by Gasteiger charge is -2.13. The van der Waals surface area contributed by atoms with Crippen molar-refractivity contribution in [1.29, 1.82) is 0 Å². The van der Waals surface area contributed by atoms with Crippen LogP contribution in [0.4, 0.5) is 5.69 Å². The molecule has 1 aliphatic rings. The lowest BCUT2D eigenvalue weighted by molar-refractivity contribution is -0.118. The Balaban J connectivity index is 1.45. The van der Waals surface area contributed by atoms with E-state index in [9.17, 15) is 9.59 Å². The largest absolute Gasteiger partial charge is 0.494 e. The zero-order valence-electron chi connectivity index (χ0n) is 18.0. The minimum absolute atomic E-state index is 0.138. The van der Waals surface area contributed by atoms with Crippen LogP contribution < -0.4 is 20.4 Å². The Bertz CT molecular complexity index is 1150. The van der Waals surface area contributed by atoms with Crippen LogP contribution in [0, 0.1) is 6.92 Å². The van der Waals surface area contributed by atoms with Gasteiger partial charge < -0.3 is 19.2 Å². The molecule has 31 heavy (non-hydrogen) atoms. The Morgan fingerprint density at radius 1 is 1.10 bits per heavy atom. The fraction of sp³-hybridized carbons (Fsp3) is 0.360. The third kappa shape index (κ3) is 4.74. The van der Waals surface area contributed by atoms with Crippen LogP contribution in [0.2, 0.25) is 0 Å². The molecule has 0 fully saturated rings. The summed E-state index contributed by atoms with van der Waals surface area (Å²) in [4.78, 5) is 24.7. The molecule has 2 aromatic carbocycles. The minimum Gasteiger partial charge on any atom is -0.494 e. The van der Waals surface area contributed by atoms with Gasteiger partial charge in [0.25, 0.3) is 5.91 Å². The van der Waals surface area contributed by atoms with Crippen molar-refractivity contribution < 1.29 is 18.7 Å². The predicted molar refractivity (Wildman–Crippen MR) is 120 cm³/mol. The van der Waals surface area contributed by atoms with E-state index in [1.807, 2.05) is 43.3 Å². The number of amides is 1. The van der Waals surface area contributed by atoms with Gasteiger partial charge in [0.1, 0.15) is 17.1 Å². The number of anilines is 1. The van der Waals surface area contributed by atoms with E-state index in [-0.39, 0.29) is 18.1 Å². The molecule has 4 rings (SSSR count). The van der Waals surface area contributed by atoms with Crippen LogP contribution in [0.3, 0.4) is 0 Å². The van der Waals surface area contributed by atoms with E-state index < -0.39 is 0 Å². The highest BCUT2D eigenvalue weighted by atomic mass is 16.5. The number of fused-ring (bicyclic) bond motifs is 3. The summed E-state index contributed by atoms with van der Waals surface area (Å²) < 4.78 is 17.1. The molecule has 3 aromatic rings. The van der Waals surface area contributed by atoms with Crippen LogP contribution in [0.5, 0.6) is 11.5 Å². The van der Waals surface area contributed by atoms with Gasteiger partial charge in [-0.25, -0.2) is 4.79 Å². The first kappa shape index (κ1) is 21.0. The summed E-state index contributed by atoms with van der Waals surface area (Å²) in [6.07, 6.45) is 4.55. The molecule has 0 radical (unpaired) electrons. The van der Waals surface area contributed by atoms with Crippen LogP contribution in [-0.2, 0) is 17.6 Å². The Morgan fingerprint density at radius 3 is 2.65 bits per heavy atom. The zero-order valence-corrected chi connectivity index (χ0v) is 18.0. The number of nitrogens with one attached hydrogen (secondary N) is 1. The second-order valence-electron chi connectivity index (χ2n) is 7.90. The molecular formula is C25H27NO5. The summed E-state index contributed by atoms with van der Waals surface area (Å²) >= 11 is 0. The fourth-order valence-corrected chi connectivity index (χ4v) is 3.93. The molecular weight excluding hydrogens is 394 g/mol. The summed E-state index contributed by atoms with van der Waals surface area (Å²) in [5.41, 5.74) is 3.54. The smallest absolute Gasteiger partial charge is 0.339 e. The van der Waals surface area contributed by atoms with Crippen LogP contribution in [0.1, 0.15) is 42.9 Å². The van der Waals surface area contributed by atoms with Crippen molar-refractivity contribution in [3.05, 3.63) is 63.5 Å². The van der Waals surface area contributed by atoms with Crippen molar-refractivity contribution in [3.63, 3.8) is 0 Å². The highest BCUT2D eigenvalue weighted by molar-refractivity contribution is 5.93. The van der Waals surface area contributed by atoms with Crippen LogP contribution >= 0.6 is 0 Å². The van der Waals surface area contributed by atoms with Gasteiger partial charge in [-0.3, -0.25) is 4.79 Å². The van der Waals surface area contributed by atoms with Gasteiger partial charge in [0.2, 0.25) is 0 Å². The zero-order chi connectivity index (χ0) is 21.8. The van der Waals surface area contributed by atoms with Crippen molar-refractivity contribution in [3.8, 4) is 11.5 Å². The molecule has 0 aliphatic heterocycles. The summed E-state index contributed by atoms with van der Waals surface area (Å²) in [7, 11) is 0. The van der Waals surface area contributed by atoms with E-state index in [1.54, 1.807) is 0 Å². The van der Waals surface area contributed by atoms with Gasteiger partial charge in [-0.2, -0.15) is 0 Å². The maximum atomic E-state index is 12.4. The first-order valence-electron chi connectivity index (χ1n) is 10.8. The van der Waals surface area contributed by atoms with Gasteiger partial charge >= 0.3 is 5.63 Å². The second kappa shape index (κ2) is 9.25. The molecule has 162 valence electrons. The molecule has 0 spiro atoms. The first-order valence-corrected chi connectivity index (χ1v) is 10.8. The van der Waals surface area contributed by atoms with E-state index in [0.29, 0.717) is 23.6 Å². The number of unbranched alkanes of at least 4 members (excludes halogenated alkanes) is 1. The third-order valence-corrected chi connectivity index (χ3v) is 5.44. The number of benzene rings is 2. The lowest BCUT2D eigenvalue weighted by Crippen LogP contribution is -2.20. The second-order valence-corrected chi connectivity index (χ2v) is 7.90. The maximum absolute atomic E-state index is 12.4. The lowest BCUT2D eigenvalue weighted by atomic mass is 10.0. The van der Waals surface area contributed by atoms with Crippen LogP contribution in [0.25, 0.3) is 11.0 Å². The Morgan fingerprint density at radius 2 is 1.87 bits per heavy atom. The maximum Gasteiger partial charge on any atom is 0.339 e. The third-order valence-electron chi connectivity index (χ3n) is 5.44. The van der Waals surface area contributed by atoms with Crippen molar-refractivity contribution in [1.82, 2.24) is 0 Å². The summed E-state index contributed by atoms with van der Waals surface area (Å²) in [5, 5.41) is 3.64. The fourth-order valence-electron chi connectivity index (χ4n) is 3.93. The summed E-state index contributed by atoms with van der Waals surface area (Å²) in [6.45, 7) is 4.57. The molecule has 6 heteroatoms. The van der Waals surface area contributed by atoms with Crippen molar-refractivity contribution in [2.45, 2.75) is 46.0 Å². The molecule has 0 unspecified atom stereocenters. The number of hydrogen-bond acceptors (Lipinski definition) is 5. The highest BCUT2D eigenvalue weighted by Crippen LogP contribution is 2.35. The van der Waals surface area contributed by atoms with Gasteiger partial charge in [0.05, 0.1) is 12.0 Å². The number of hydrogen-bond donors (Lipinski definition) is 1. The van der Waals surface area contributed by atoms with Gasteiger partial charge in [-0.15, -0.1) is 0 Å². The van der Waals surface area contributed by atoms with E-state index in [1.165, 1.54) is 0 Å². The van der Waals surface area contributed by atoms with E-state index in [0.717, 1.165) is 59.9 Å². The normalized spacial score (nSPS) is 12.6. The molecule has 1 aromatic heterocycles. The van der Waals surface area contributed by atoms with Crippen molar-refractivity contribution in [2.24, 2.45) is 0 Å². The number of aryl methyl sites for hydroxylation is 2. The van der Waals surface area contributed by atoms with Crippen molar-refractivity contribution in [2.75, 3.05) is 18.5 Å². The van der Waals surface area contributed by atoms with E-state index in [4.69, 9.17) is 13.9 Å². The molecule has 1 heterocycles. The van der Waals surface area contributed by atoms with E-state index >= 15 is 0 Å². The summed E-state index contributed by atoms with van der Waals surface area (Å²) in [5.74, 6) is 1.10. The SMILES string of the molecule is CCCCOc1ccc(NC(=O)COc2cc(C)cc3oc(=O)c4c(c23)CCC4)cc1. The Hall–Kier alpha value is -3.28. The number of carbonyl (C=O) groups excluding carboxylic acids is 1. The van der Waals surface area contributed by atoms with Gasteiger partial charge in [0.15, 0.2) is 6.61 Å². The molecule has 0 saturated carbocycles. The molecule has 0 atom stereocenters. The standard InChI is InChI=1S/C25H27NO5/c1-3-4-12-29-18-10-8-17(9-11-18)26-23(27)15-30-21-13-16(2)14-22-24(21)19-6-5-7-20(19)25(28)31-22/h8-11,13-14H,3-7,12,15H2,1-2H3,(H,26,27).